The molecule has 0 aromatic heterocycles. The molecule has 4 rings (SSSR count). The number of halogens is 3. The average Bonchev–Trinajstić information content (AvgIpc) is 3.64. The maximum atomic E-state index is 9.01. The maximum absolute atomic E-state index is 9.01. The van der Waals surface area contributed by atoms with Crippen molar-refractivity contribution in [3.63, 3.8) is 0 Å². The highest BCUT2D eigenvalue weighted by Crippen LogP contribution is 2.35. The second-order valence-corrected chi connectivity index (χ2v) is 10.6. The molecule has 3 nitrogen and oxygen atoms in total. The predicted octanol–water partition coefficient (Wildman–Crippen LogP) is 8.82. The standard InChI is InChI=1S/C27H32Cl3N3/c28-21-11-9-19(10-12-21)26(33-25-14-13-22(29)15-23(25)30)16-24(31)27(20-7-8-20)32-17-18-5-3-1-2-4-6-18/h9-15,18,26,31-33H,1-8,16-17H2. The Hall–Kier alpha value is -1.68. The minimum atomic E-state index is -0.109. The van der Waals surface area contributed by atoms with E-state index in [1.165, 1.54) is 44.1 Å². The van der Waals surface area contributed by atoms with Crippen molar-refractivity contribution >= 4 is 46.2 Å². The molecule has 0 radical (unpaired) electrons. The zero-order valence-electron chi connectivity index (χ0n) is 18.9. The Kier molecular flexibility index (Phi) is 8.62. The van der Waals surface area contributed by atoms with Gasteiger partial charge in [0.15, 0.2) is 0 Å². The second-order valence-electron chi connectivity index (χ2n) is 9.27. The van der Waals surface area contributed by atoms with Crippen LogP contribution in [-0.4, -0.2) is 12.3 Å². The molecule has 3 N–H and O–H groups in total. The zero-order valence-corrected chi connectivity index (χ0v) is 21.2. The van der Waals surface area contributed by atoms with E-state index in [4.69, 9.17) is 40.2 Å². The Balaban J connectivity index is 1.49. The van der Waals surface area contributed by atoms with Gasteiger partial charge in [0.05, 0.1) is 28.2 Å². The summed E-state index contributed by atoms with van der Waals surface area (Å²) in [5.41, 5.74) is 4.96. The highest BCUT2D eigenvalue weighted by atomic mass is 35.5. The SMILES string of the molecule is N=C(CC(Nc1ccc(Cl)cc1Cl)c1ccc(Cl)cc1)C(NCC1CCCCCC1)=C1CC1. The fourth-order valence-corrected chi connectivity index (χ4v) is 5.21. The van der Waals surface area contributed by atoms with Gasteiger partial charge in [-0.05, 0) is 73.1 Å². The van der Waals surface area contributed by atoms with Crippen molar-refractivity contribution in [1.82, 2.24) is 5.32 Å². The Morgan fingerprint density at radius 3 is 2.21 bits per heavy atom. The lowest BCUT2D eigenvalue weighted by molar-refractivity contribution is 0.445. The van der Waals surface area contributed by atoms with E-state index in [0.717, 1.165) is 36.3 Å². The van der Waals surface area contributed by atoms with Gasteiger partial charge < -0.3 is 16.0 Å². The van der Waals surface area contributed by atoms with Crippen LogP contribution < -0.4 is 10.6 Å². The first-order valence-electron chi connectivity index (χ1n) is 12.0. The molecule has 1 atom stereocenters. The lowest BCUT2D eigenvalue weighted by Crippen LogP contribution is -2.28. The summed E-state index contributed by atoms with van der Waals surface area (Å²) in [6, 6.07) is 13.2. The van der Waals surface area contributed by atoms with Gasteiger partial charge >= 0.3 is 0 Å². The van der Waals surface area contributed by atoms with Crippen molar-refractivity contribution in [3.05, 3.63) is 74.4 Å². The van der Waals surface area contributed by atoms with Crippen LogP contribution in [0.15, 0.2) is 53.7 Å². The van der Waals surface area contributed by atoms with E-state index in [-0.39, 0.29) is 6.04 Å². The monoisotopic (exact) mass is 503 g/mol. The van der Waals surface area contributed by atoms with Crippen LogP contribution in [0.3, 0.4) is 0 Å². The third kappa shape index (κ3) is 7.15. The van der Waals surface area contributed by atoms with Crippen LogP contribution in [0.25, 0.3) is 0 Å². The molecule has 2 aromatic carbocycles. The summed E-state index contributed by atoms with van der Waals surface area (Å²) in [6.45, 7) is 0.975. The number of rotatable bonds is 9. The third-order valence-electron chi connectivity index (χ3n) is 6.64. The van der Waals surface area contributed by atoms with E-state index >= 15 is 0 Å². The van der Waals surface area contributed by atoms with E-state index < -0.39 is 0 Å². The Labute approximate surface area is 212 Å². The van der Waals surface area contributed by atoms with Crippen molar-refractivity contribution in [1.29, 1.82) is 5.41 Å². The van der Waals surface area contributed by atoms with Crippen LogP contribution >= 0.6 is 34.8 Å². The summed E-state index contributed by atoms with van der Waals surface area (Å²) < 4.78 is 0. The summed E-state index contributed by atoms with van der Waals surface area (Å²) in [5.74, 6) is 0.715. The minimum absolute atomic E-state index is 0.109. The van der Waals surface area contributed by atoms with Crippen LogP contribution in [0, 0.1) is 11.3 Å². The van der Waals surface area contributed by atoms with Crippen molar-refractivity contribution in [2.45, 2.75) is 63.8 Å². The van der Waals surface area contributed by atoms with Crippen LogP contribution in [-0.2, 0) is 0 Å². The molecule has 176 valence electrons. The molecule has 2 aromatic rings. The first kappa shape index (κ1) is 24.4. The number of benzene rings is 2. The molecule has 33 heavy (non-hydrogen) atoms. The first-order chi connectivity index (χ1) is 16.0. The van der Waals surface area contributed by atoms with Crippen molar-refractivity contribution in [2.24, 2.45) is 5.92 Å². The van der Waals surface area contributed by atoms with Crippen molar-refractivity contribution in [3.8, 4) is 0 Å². The van der Waals surface area contributed by atoms with Gasteiger partial charge in [-0.15, -0.1) is 0 Å². The Bertz CT molecular complexity index is 986. The molecule has 6 heteroatoms. The molecule has 0 saturated heterocycles. The fourth-order valence-electron chi connectivity index (χ4n) is 4.62. The van der Waals surface area contributed by atoms with Crippen LogP contribution in [0.5, 0.6) is 0 Å². The highest BCUT2D eigenvalue weighted by Gasteiger charge is 2.25. The molecule has 0 aliphatic heterocycles. The first-order valence-corrected chi connectivity index (χ1v) is 13.1. The van der Waals surface area contributed by atoms with Gasteiger partial charge in [0.25, 0.3) is 0 Å². The van der Waals surface area contributed by atoms with Gasteiger partial charge in [0, 0.05) is 23.0 Å². The molecule has 0 heterocycles. The van der Waals surface area contributed by atoms with E-state index in [2.05, 4.69) is 10.6 Å². The highest BCUT2D eigenvalue weighted by molar-refractivity contribution is 6.36. The number of allylic oxidation sites excluding steroid dienone is 2. The van der Waals surface area contributed by atoms with Gasteiger partial charge in [-0.3, -0.25) is 0 Å². The quantitative estimate of drug-likeness (QED) is 0.236. The van der Waals surface area contributed by atoms with Gasteiger partial charge in [0.2, 0.25) is 0 Å². The lowest BCUT2D eigenvalue weighted by Gasteiger charge is -2.24. The van der Waals surface area contributed by atoms with Gasteiger partial charge in [-0.1, -0.05) is 72.6 Å². The molecule has 2 aliphatic carbocycles. The van der Waals surface area contributed by atoms with Crippen molar-refractivity contribution < 1.29 is 0 Å². The van der Waals surface area contributed by atoms with Crippen LogP contribution in [0.1, 0.15) is 69.4 Å². The number of hydrogen-bond donors (Lipinski definition) is 3. The Morgan fingerprint density at radius 1 is 0.909 bits per heavy atom. The van der Waals surface area contributed by atoms with Crippen LogP contribution in [0.4, 0.5) is 5.69 Å². The summed E-state index contributed by atoms with van der Waals surface area (Å²) in [5, 5.41) is 18.1. The second kappa shape index (κ2) is 11.6. The number of anilines is 1. The maximum Gasteiger partial charge on any atom is 0.0652 e. The molecule has 2 saturated carbocycles. The normalized spacial score (nSPS) is 17.2. The van der Waals surface area contributed by atoms with E-state index in [0.29, 0.717) is 33.1 Å². The number of nitrogens with one attached hydrogen (secondary N) is 3. The summed E-state index contributed by atoms with van der Waals surface area (Å²) in [4.78, 5) is 0. The molecular formula is C27H32Cl3N3. The fraction of sp³-hybridized carbons (Fsp3) is 0.444. The number of hydrogen-bond acceptors (Lipinski definition) is 3. The zero-order chi connectivity index (χ0) is 23.2. The summed E-state index contributed by atoms with van der Waals surface area (Å²) >= 11 is 18.7. The third-order valence-corrected chi connectivity index (χ3v) is 7.44. The van der Waals surface area contributed by atoms with Gasteiger partial charge in [-0.25, -0.2) is 0 Å². The lowest BCUT2D eigenvalue weighted by atomic mass is 9.97. The summed E-state index contributed by atoms with van der Waals surface area (Å²) in [6.07, 6.45) is 10.7. The molecular weight excluding hydrogens is 473 g/mol. The molecule has 1 unspecified atom stereocenters. The molecule has 0 bridgehead atoms. The minimum Gasteiger partial charge on any atom is -0.383 e. The molecule has 0 amide bonds. The predicted molar refractivity (Wildman–Crippen MR) is 142 cm³/mol. The van der Waals surface area contributed by atoms with E-state index in [9.17, 15) is 0 Å². The molecule has 2 aliphatic rings. The van der Waals surface area contributed by atoms with Crippen molar-refractivity contribution in [2.75, 3.05) is 11.9 Å². The van der Waals surface area contributed by atoms with E-state index in [1.54, 1.807) is 6.07 Å². The Morgan fingerprint density at radius 2 is 1.58 bits per heavy atom. The van der Waals surface area contributed by atoms with Gasteiger partial charge in [0.1, 0.15) is 0 Å². The van der Waals surface area contributed by atoms with Crippen LogP contribution in [0.2, 0.25) is 15.1 Å². The smallest absolute Gasteiger partial charge is 0.0652 e. The largest absolute Gasteiger partial charge is 0.383 e. The topological polar surface area (TPSA) is 47.9 Å². The molecule has 2 fully saturated rings. The average molecular weight is 505 g/mol. The van der Waals surface area contributed by atoms with Gasteiger partial charge in [-0.2, -0.15) is 0 Å². The van der Waals surface area contributed by atoms with E-state index in [1.807, 2.05) is 36.4 Å². The molecule has 0 spiro atoms. The summed E-state index contributed by atoms with van der Waals surface area (Å²) in [7, 11) is 0.